The fourth-order valence-corrected chi connectivity index (χ4v) is 2.25. The van der Waals surface area contributed by atoms with Gasteiger partial charge in [-0.05, 0) is 32.9 Å². The molecule has 0 saturated carbocycles. The van der Waals surface area contributed by atoms with Crippen LogP contribution in [0.1, 0.15) is 37.2 Å². The van der Waals surface area contributed by atoms with Crippen LogP contribution in [-0.4, -0.2) is 27.6 Å². The van der Waals surface area contributed by atoms with Gasteiger partial charge in [-0.3, -0.25) is 4.79 Å². The summed E-state index contributed by atoms with van der Waals surface area (Å²) in [5.74, 6) is -1.12. The van der Waals surface area contributed by atoms with E-state index in [1.54, 1.807) is 29.8 Å². The van der Waals surface area contributed by atoms with Crippen molar-refractivity contribution in [2.75, 3.05) is 0 Å². The minimum absolute atomic E-state index is 0.0470. The molecule has 0 spiro atoms. The molecule has 0 bridgehead atoms. The number of nitrogens with zero attached hydrogens (tertiary/aromatic N) is 1. The maximum absolute atomic E-state index is 12.1. The Morgan fingerprint density at radius 1 is 1.20 bits per heavy atom. The number of carbonyl (C=O) groups excluding carboxylic acids is 1. The summed E-state index contributed by atoms with van der Waals surface area (Å²) in [6.45, 7) is 5.54. The van der Waals surface area contributed by atoms with Gasteiger partial charge in [0.25, 0.3) is 0 Å². The molecule has 0 fully saturated rings. The van der Waals surface area contributed by atoms with E-state index in [0.717, 1.165) is 5.39 Å². The molecule has 0 aliphatic rings. The summed E-state index contributed by atoms with van der Waals surface area (Å²) in [6.07, 6.45) is 1.75. The van der Waals surface area contributed by atoms with E-state index in [-0.39, 0.29) is 17.5 Å². The molecule has 1 unspecified atom stereocenters. The Balaban J connectivity index is 2.49. The molecular weight excluding hydrogens is 256 g/mol. The zero-order chi connectivity index (χ0) is 14.9. The molecule has 5 nitrogen and oxygen atoms in total. The highest BCUT2D eigenvalue weighted by Crippen LogP contribution is 2.24. The van der Waals surface area contributed by atoms with Gasteiger partial charge in [-0.25, -0.2) is 4.79 Å². The molecule has 1 aromatic carbocycles. The van der Waals surface area contributed by atoms with Gasteiger partial charge in [0.05, 0.1) is 11.1 Å². The van der Waals surface area contributed by atoms with Crippen LogP contribution in [0.4, 0.5) is 0 Å². The zero-order valence-corrected chi connectivity index (χ0v) is 11.8. The summed E-state index contributed by atoms with van der Waals surface area (Å²) < 4.78 is 1.70. The smallest absolute Gasteiger partial charge is 0.337 e. The lowest BCUT2D eigenvalue weighted by atomic mass is 10.1. The molecule has 1 heterocycles. The Morgan fingerprint density at radius 3 is 2.50 bits per heavy atom. The predicted octanol–water partition coefficient (Wildman–Crippen LogP) is 2.43. The van der Waals surface area contributed by atoms with Crippen LogP contribution in [0, 0.1) is 0 Å². The monoisotopic (exact) mass is 274 g/mol. The van der Waals surface area contributed by atoms with Crippen LogP contribution in [0.15, 0.2) is 30.5 Å². The highest BCUT2D eigenvalue weighted by atomic mass is 16.4. The number of rotatable bonds is 4. The van der Waals surface area contributed by atoms with Crippen LogP contribution in [0.3, 0.4) is 0 Å². The zero-order valence-electron chi connectivity index (χ0n) is 11.8. The third-order valence-corrected chi connectivity index (χ3v) is 3.20. The molecule has 5 heteroatoms. The summed E-state index contributed by atoms with van der Waals surface area (Å²) in [6, 6.07) is 6.50. The average molecular weight is 274 g/mol. The lowest BCUT2D eigenvalue weighted by molar-refractivity contribution is -0.124. The van der Waals surface area contributed by atoms with Crippen LogP contribution in [-0.2, 0) is 4.79 Å². The highest BCUT2D eigenvalue weighted by Gasteiger charge is 2.20. The first-order valence-corrected chi connectivity index (χ1v) is 6.55. The first-order valence-electron chi connectivity index (χ1n) is 6.55. The molecule has 106 valence electrons. The predicted molar refractivity (Wildman–Crippen MR) is 76.9 cm³/mol. The summed E-state index contributed by atoms with van der Waals surface area (Å²) in [4.78, 5) is 23.4. The fraction of sp³-hybridized carbons (Fsp3) is 0.333. The number of nitrogens with one attached hydrogen (secondary N) is 1. The number of para-hydroxylation sites is 1. The van der Waals surface area contributed by atoms with Crippen LogP contribution >= 0.6 is 0 Å². The number of hydrogen-bond acceptors (Lipinski definition) is 2. The molecule has 2 N–H and O–H groups in total. The van der Waals surface area contributed by atoms with E-state index >= 15 is 0 Å². The summed E-state index contributed by atoms with van der Waals surface area (Å²) >= 11 is 0. The maximum atomic E-state index is 12.1. The lowest BCUT2D eigenvalue weighted by Gasteiger charge is -2.18. The van der Waals surface area contributed by atoms with E-state index < -0.39 is 12.0 Å². The molecular formula is C15H18N2O3. The molecule has 1 atom stereocenters. The van der Waals surface area contributed by atoms with Crippen molar-refractivity contribution in [2.45, 2.75) is 32.9 Å². The van der Waals surface area contributed by atoms with Gasteiger partial charge < -0.3 is 15.0 Å². The minimum Gasteiger partial charge on any atom is -0.478 e. The Morgan fingerprint density at radius 2 is 1.90 bits per heavy atom. The number of carboxylic acids is 1. The van der Waals surface area contributed by atoms with Gasteiger partial charge >= 0.3 is 5.97 Å². The van der Waals surface area contributed by atoms with Gasteiger partial charge in [-0.1, -0.05) is 12.1 Å². The molecule has 1 amide bonds. The van der Waals surface area contributed by atoms with Crippen molar-refractivity contribution in [3.63, 3.8) is 0 Å². The molecule has 0 aliphatic carbocycles. The number of aromatic carboxylic acids is 1. The first-order chi connectivity index (χ1) is 9.41. The van der Waals surface area contributed by atoms with Crippen molar-refractivity contribution in [2.24, 2.45) is 0 Å². The van der Waals surface area contributed by atoms with Crippen molar-refractivity contribution in [1.29, 1.82) is 0 Å². The second-order valence-corrected chi connectivity index (χ2v) is 5.11. The molecule has 20 heavy (non-hydrogen) atoms. The van der Waals surface area contributed by atoms with Gasteiger partial charge in [0.15, 0.2) is 0 Å². The molecule has 1 aromatic heterocycles. The van der Waals surface area contributed by atoms with Gasteiger partial charge in [0.2, 0.25) is 5.91 Å². The van der Waals surface area contributed by atoms with E-state index in [0.29, 0.717) is 5.52 Å². The van der Waals surface area contributed by atoms with E-state index in [1.165, 1.54) is 0 Å². The van der Waals surface area contributed by atoms with Crippen molar-refractivity contribution >= 4 is 22.8 Å². The molecule has 2 aromatic rings. The molecule has 2 rings (SSSR count). The van der Waals surface area contributed by atoms with Crippen molar-refractivity contribution in [1.82, 2.24) is 9.88 Å². The fourth-order valence-electron chi connectivity index (χ4n) is 2.25. The number of benzene rings is 1. The second kappa shape index (κ2) is 5.36. The standard InChI is InChI=1S/C15H18N2O3/c1-9(2)16-14(18)10(3)17-8-7-11-5-4-6-12(13(11)17)15(19)20/h4-10H,1-3H3,(H,16,18)(H,19,20). The third-order valence-electron chi connectivity index (χ3n) is 3.20. The van der Waals surface area contributed by atoms with Gasteiger partial charge in [0, 0.05) is 17.6 Å². The lowest BCUT2D eigenvalue weighted by Crippen LogP contribution is -2.35. The Kier molecular flexibility index (Phi) is 3.79. The van der Waals surface area contributed by atoms with E-state index in [4.69, 9.17) is 0 Å². The van der Waals surface area contributed by atoms with Crippen LogP contribution in [0.2, 0.25) is 0 Å². The topological polar surface area (TPSA) is 71.3 Å². The summed E-state index contributed by atoms with van der Waals surface area (Å²) in [5.41, 5.74) is 0.781. The van der Waals surface area contributed by atoms with E-state index in [2.05, 4.69) is 5.32 Å². The maximum Gasteiger partial charge on any atom is 0.337 e. The van der Waals surface area contributed by atoms with Crippen LogP contribution in [0.25, 0.3) is 10.9 Å². The van der Waals surface area contributed by atoms with Crippen molar-refractivity contribution in [3.05, 3.63) is 36.0 Å². The first kappa shape index (κ1) is 14.1. The quantitative estimate of drug-likeness (QED) is 0.899. The number of carboxylic acid groups (broad SMARTS) is 1. The highest BCUT2D eigenvalue weighted by molar-refractivity contribution is 6.03. The largest absolute Gasteiger partial charge is 0.478 e. The number of fused-ring (bicyclic) bond motifs is 1. The number of carbonyl (C=O) groups is 2. The van der Waals surface area contributed by atoms with Gasteiger partial charge in [0.1, 0.15) is 6.04 Å². The van der Waals surface area contributed by atoms with Gasteiger partial charge in [-0.15, -0.1) is 0 Å². The van der Waals surface area contributed by atoms with E-state index in [1.807, 2.05) is 26.0 Å². The van der Waals surface area contributed by atoms with Crippen LogP contribution < -0.4 is 5.32 Å². The second-order valence-electron chi connectivity index (χ2n) is 5.11. The van der Waals surface area contributed by atoms with Crippen molar-refractivity contribution < 1.29 is 14.7 Å². The molecule has 0 radical (unpaired) electrons. The summed E-state index contributed by atoms with van der Waals surface area (Å²) in [7, 11) is 0. The normalized spacial score (nSPS) is 12.6. The number of hydrogen-bond donors (Lipinski definition) is 2. The number of aromatic nitrogens is 1. The summed E-state index contributed by atoms with van der Waals surface area (Å²) in [5, 5.41) is 12.9. The third kappa shape index (κ3) is 2.52. The number of amides is 1. The molecule has 0 saturated heterocycles. The SMILES string of the molecule is CC(C)NC(=O)C(C)n1ccc2cccc(C(=O)O)c21. The van der Waals surface area contributed by atoms with Crippen molar-refractivity contribution in [3.8, 4) is 0 Å². The van der Waals surface area contributed by atoms with E-state index in [9.17, 15) is 14.7 Å². The Labute approximate surface area is 117 Å². The minimum atomic E-state index is -0.994. The Hall–Kier alpha value is -2.30. The van der Waals surface area contributed by atoms with Crippen LogP contribution in [0.5, 0.6) is 0 Å². The van der Waals surface area contributed by atoms with Gasteiger partial charge in [-0.2, -0.15) is 0 Å². The molecule has 0 aliphatic heterocycles. The Bertz CT molecular complexity index is 658. The average Bonchev–Trinajstić information content (AvgIpc) is 2.80.